The Morgan fingerprint density at radius 3 is 2.18 bits per heavy atom. The molecule has 2 atom stereocenters. The summed E-state index contributed by atoms with van der Waals surface area (Å²) in [4.78, 5) is 20.3. The Bertz CT molecular complexity index is 1540. The van der Waals surface area contributed by atoms with Crippen molar-refractivity contribution in [2.45, 2.75) is 12.0 Å². The van der Waals surface area contributed by atoms with Gasteiger partial charge in [-0.3, -0.25) is 4.57 Å². The largest absolute Gasteiger partial charge is 0.506 e. The molecule has 0 radical (unpaired) electrons. The second kappa shape index (κ2) is 6.74. The molecule has 7 rings (SSSR count). The van der Waals surface area contributed by atoms with E-state index in [1.165, 1.54) is 0 Å². The molecule has 0 saturated carbocycles. The second-order valence-electron chi connectivity index (χ2n) is 8.16. The van der Waals surface area contributed by atoms with E-state index in [1.807, 2.05) is 47.0 Å². The zero-order valence-corrected chi connectivity index (χ0v) is 17.4. The second-order valence-corrected chi connectivity index (χ2v) is 8.16. The summed E-state index contributed by atoms with van der Waals surface area (Å²) in [6.45, 7) is 0. The molecule has 0 bridgehead atoms. The van der Waals surface area contributed by atoms with Crippen LogP contribution in [0.15, 0.2) is 91.5 Å². The van der Waals surface area contributed by atoms with Crippen LogP contribution in [0.5, 0.6) is 0 Å². The van der Waals surface area contributed by atoms with Crippen LogP contribution in [0.1, 0.15) is 28.8 Å². The van der Waals surface area contributed by atoms with Crippen LogP contribution in [0, 0.1) is 0 Å². The van der Waals surface area contributed by atoms with E-state index in [4.69, 9.17) is 0 Å². The summed E-state index contributed by atoms with van der Waals surface area (Å²) in [5.74, 6) is 1.33. The molecular formula is C26H18N6O. The van der Waals surface area contributed by atoms with Crippen LogP contribution in [0.4, 0.5) is 11.6 Å². The van der Waals surface area contributed by atoms with Crippen molar-refractivity contribution in [1.82, 2.24) is 24.5 Å². The standard InChI is InChI=1S/C26H18N6O/c33-21-15-18-16-7-1-3-9-19(16)31(25-27-11-5-12-28-25)23(18)22-17-8-2-4-10-20(17)32(24(21)22)26-29-13-6-14-30-26/h1-15,18,23,33H. The maximum atomic E-state index is 11.4. The Hall–Kier alpha value is -4.52. The Morgan fingerprint density at radius 2 is 1.39 bits per heavy atom. The van der Waals surface area contributed by atoms with Gasteiger partial charge in [-0.25, -0.2) is 19.9 Å². The number of aliphatic hydroxyl groups excluding tert-OH is 1. The van der Waals surface area contributed by atoms with Gasteiger partial charge in [0.05, 0.1) is 17.3 Å². The minimum absolute atomic E-state index is 0.0477. The SMILES string of the molecule is OC1=CC2c3ccccc3N(c3ncccn3)C2c2c1n(-c1ncccn1)c1ccccc21. The van der Waals surface area contributed by atoms with Gasteiger partial charge in [-0.1, -0.05) is 36.4 Å². The highest BCUT2D eigenvalue weighted by atomic mass is 16.3. The number of rotatable bonds is 2. The number of anilines is 2. The van der Waals surface area contributed by atoms with Gasteiger partial charge < -0.3 is 10.0 Å². The van der Waals surface area contributed by atoms with Crippen molar-refractivity contribution in [3.63, 3.8) is 0 Å². The number of nitrogens with zero attached hydrogens (tertiary/aromatic N) is 6. The van der Waals surface area contributed by atoms with Crippen molar-refractivity contribution in [3.05, 3.63) is 108 Å². The molecule has 0 amide bonds. The number of para-hydroxylation sites is 2. The molecule has 1 N–H and O–H groups in total. The lowest BCUT2D eigenvalue weighted by molar-refractivity contribution is 0.488. The highest BCUT2D eigenvalue weighted by molar-refractivity contribution is 5.94. The first-order valence-electron chi connectivity index (χ1n) is 10.8. The van der Waals surface area contributed by atoms with Crippen molar-refractivity contribution in [2.24, 2.45) is 0 Å². The molecule has 7 heteroatoms. The van der Waals surface area contributed by atoms with Gasteiger partial charge in [0.15, 0.2) is 0 Å². The zero-order chi connectivity index (χ0) is 21.9. The lowest BCUT2D eigenvalue weighted by atomic mass is 9.84. The molecule has 7 nitrogen and oxygen atoms in total. The molecule has 1 aliphatic carbocycles. The number of hydrogen-bond donors (Lipinski definition) is 1. The molecular weight excluding hydrogens is 412 g/mol. The van der Waals surface area contributed by atoms with E-state index in [0.29, 0.717) is 17.6 Å². The lowest BCUT2D eigenvalue weighted by Crippen LogP contribution is -2.26. The maximum absolute atomic E-state index is 11.4. The summed E-state index contributed by atoms with van der Waals surface area (Å²) >= 11 is 0. The predicted molar refractivity (Wildman–Crippen MR) is 126 cm³/mol. The first-order valence-corrected chi connectivity index (χ1v) is 10.8. The molecule has 2 unspecified atom stereocenters. The molecule has 33 heavy (non-hydrogen) atoms. The van der Waals surface area contributed by atoms with Crippen molar-refractivity contribution in [1.29, 1.82) is 0 Å². The molecule has 1 aliphatic heterocycles. The fourth-order valence-corrected chi connectivity index (χ4v) is 5.29. The van der Waals surface area contributed by atoms with Gasteiger partial charge >= 0.3 is 0 Å². The Labute approximate surface area is 189 Å². The average molecular weight is 430 g/mol. The van der Waals surface area contributed by atoms with Gasteiger partial charge in [0.25, 0.3) is 0 Å². The fourth-order valence-electron chi connectivity index (χ4n) is 5.29. The van der Waals surface area contributed by atoms with Crippen LogP contribution in [0.3, 0.4) is 0 Å². The summed E-state index contributed by atoms with van der Waals surface area (Å²) in [6.07, 6.45) is 8.89. The summed E-state index contributed by atoms with van der Waals surface area (Å²) in [5.41, 5.74) is 4.85. The third kappa shape index (κ3) is 2.44. The fraction of sp³-hybridized carbons (Fsp3) is 0.0769. The van der Waals surface area contributed by atoms with Crippen molar-refractivity contribution < 1.29 is 5.11 Å². The Morgan fingerprint density at radius 1 is 0.727 bits per heavy atom. The number of aromatic nitrogens is 5. The molecule has 4 heterocycles. The van der Waals surface area contributed by atoms with Gasteiger partial charge in [0.1, 0.15) is 5.76 Å². The number of fused-ring (bicyclic) bond motifs is 7. The predicted octanol–water partition coefficient (Wildman–Crippen LogP) is 5.10. The quantitative estimate of drug-likeness (QED) is 0.420. The summed E-state index contributed by atoms with van der Waals surface area (Å²) in [5, 5.41) is 12.4. The van der Waals surface area contributed by atoms with E-state index >= 15 is 0 Å². The maximum Gasteiger partial charge on any atom is 0.234 e. The monoisotopic (exact) mass is 430 g/mol. The Balaban J connectivity index is 1.58. The van der Waals surface area contributed by atoms with Gasteiger partial charge in [0.2, 0.25) is 11.9 Å². The highest BCUT2D eigenvalue weighted by Gasteiger charge is 2.46. The van der Waals surface area contributed by atoms with Crippen LogP contribution >= 0.6 is 0 Å². The molecule has 0 saturated heterocycles. The summed E-state index contributed by atoms with van der Waals surface area (Å²) < 4.78 is 1.94. The van der Waals surface area contributed by atoms with E-state index in [2.05, 4.69) is 43.0 Å². The van der Waals surface area contributed by atoms with Crippen LogP contribution in [0.25, 0.3) is 22.6 Å². The topological polar surface area (TPSA) is 80.0 Å². The molecule has 158 valence electrons. The normalized spacial score (nSPS) is 18.5. The van der Waals surface area contributed by atoms with Crippen LogP contribution in [-0.2, 0) is 0 Å². The first-order chi connectivity index (χ1) is 16.3. The van der Waals surface area contributed by atoms with Crippen LogP contribution < -0.4 is 4.90 Å². The number of aliphatic hydroxyl groups is 1. The van der Waals surface area contributed by atoms with Gasteiger partial charge in [-0.2, -0.15) is 0 Å². The third-order valence-corrected chi connectivity index (χ3v) is 6.48. The average Bonchev–Trinajstić information content (AvgIpc) is 3.39. The first kappa shape index (κ1) is 18.1. The minimum Gasteiger partial charge on any atom is -0.506 e. The lowest BCUT2D eigenvalue weighted by Gasteiger charge is -2.31. The van der Waals surface area contributed by atoms with E-state index in [9.17, 15) is 5.11 Å². The van der Waals surface area contributed by atoms with Gasteiger partial charge in [0, 0.05) is 47.3 Å². The van der Waals surface area contributed by atoms with E-state index in [0.717, 1.165) is 27.7 Å². The van der Waals surface area contributed by atoms with Crippen molar-refractivity contribution in [3.8, 4) is 5.95 Å². The van der Waals surface area contributed by atoms with E-state index in [1.54, 1.807) is 30.9 Å². The van der Waals surface area contributed by atoms with E-state index < -0.39 is 0 Å². The third-order valence-electron chi connectivity index (χ3n) is 6.48. The van der Waals surface area contributed by atoms with Gasteiger partial charge in [-0.15, -0.1) is 0 Å². The zero-order valence-electron chi connectivity index (χ0n) is 17.4. The molecule has 2 aliphatic rings. The molecule has 0 fully saturated rings. The molecule has 3 aromatic heterocycles. The van der Waals surface area contributed by atoms with Crippen LogP contribution in [-0.4, -0.2) is 29.6 Å². The molecule has 5 aromatic rings. The molecule has 2 aromatic carbocycles. The summed E-state index contributed by atoms with van der Waals surface area (Å²) in [6, 6.07) is 19.9. The minimum atomic E-state index is -0.120. The number of benzene rings is 2. The van der Waals surface area contributed by atoms with E-state index in [-0.39, 0.29) is 17.7 Å². The van der Waals surface area contributed by atoms with Gasteiger partial charge in [-0.05, 0) is 35.9 Å². The summed E-state index contributed by atoms with van der Waals surface area (Å²) in [7, 11) is 0. The molecule has 0 spiro atoms. The smallest absolute Gasteiger partial charge is 0.234 e. The Kier molecular flexibility index (Phi) is 3.69. The van der Waals surface area contributed by atoms with Crippen molar-refractivity contribution in [2.75, 3.05) is 4.90 Å². The highest BCUT2D eigenvalue weighted by Crippen LogP contribution is 2.57. The number of hydrogen-bond acceptors (Lipinski definition) is 6. The van der Waals surface area contributed by atoms with Crippen molar-refractivity contribution >= 4 is 28.3 Å². The van der Waals surface area contributed by atoms with Crippen LogP contribution in [0.2, 0.25) is 0 Å².